The van der Waals surface area contributed by atoms with Gasteiger partial charge in [-0.15, -0.1) is 12.8 Å². The molecule has 3 nitrogen and oxygen atoms in total. The molecule has 4 aliphatic rings. The van der Waals surface area contributed by atoms with Gasteiger partial charge < -0.3 is 14.6 Å². The lowest BCUT2D eigenvalue weighted by Crippen LogP contribution is -2.54. The maximum Gasteiger partial charge on any atom is 0.146 e. The molecule has 1 N–H and O–H groups in total. The molecule has 26 heavy (non-hydrogen) atoms. The summed E-state index contributed by atoms with van der Waals surface area (Å²) in [5.41, 5.74) is 0.839. The lowest BCUT2D eigenvalue weighted by Gasteiger charge is -2.60. The number of hydrogen-bond donors (Lipinski definition) is 1. The molecule has 4 aliphatic carbocycles. The zero-order chi connectivity index (χ0) is 18.9. The molecule has 0 aliphatic heterocycles. The second-order valence-corrected chi connectivity index (χ2v) is 9.77. The first-order valence-electron chi connectivity index (χ1n) is 10.6. The van der Waals surface area contributed by atoms with Crippen molar-refractivity contribution >= 4 is 0 Å². The summed E-state index contributed by atoms with van der Waals surface area (Å²) in [5, 5.41) is 10.1. The Morgan fingerprint density at radius 2 is 1.62 bits per heavy atom. The van der Waals surface area contributed by atoms with Crippen molar-refractivity contribution in [2.45, 2.75) is 83.8 Å². The van der Waals surface area contributed by atoms with Crippen LogP contribution < -0.4 is 0 Å². The van der Waals surface area contributed by atoms with Gasteiger partial charge in [-0.3, -0.25) is 0 Å². The zero-order valence-electron chi connectivity index (χ0n) is 17.0. The molecule has 0 spiro atoms. The maximum absolute atomic E-state index is 10.1. The number of rotatable bonds is 3. The van der Waals surface area contributed by atoms with E-state index in [1.807, 2.05) is 0 Å². The quantitative estimate of drug-likeness (QED) is 0.588. The Kier molecular flexibility index (Phi) is 6.07. The summed E-state index contributed by atoms with van der Waals surface area (Å²) in [6, 6.07) is 0. The van der Waals surface area contributed by atoms with Crippen molar-refractivity contribution in [2.75, 3.05) is 13.9 Å². The minimum absolute atomic E-state index is 0.0354. The van der Waals surface area contributed by atoms with Crippen LogP contribution in [0.25, 0.3) is 0 Å². The second-order valence-electron chi connectivity index (χ2n) is 9.77. The lowest BCUT2D eigenvalue weighted by atomic mass is 9.45. The molecule has 0 saturated heterocycles. The summed E-state index contributed by atoms with van der Waals surface area (Å²) < 4.78 is 11.3. The molecular weight excluding hydrogens is 324 g/mol. The molecule has 0 bridgehead atoms. The monoisotopic (exact) mass is 362 g/mol. The molecule has 0 heterocycles. The van der Waals surface area contributed by atoms with Gasteiger partial charge in [-0.25, -0.2) is 0 Å². The van der Waals surface area contributed by atoms with Gasteiger partial charge in [0, 0.05) is 7.11 Å². The van der Waals surface area contributed by atoms with Crippen molar-refractivity contribution in [3.05, 3.63) is 0 Å². The largest absolute Gasteiger partial charge is 0.393 e. The number of terminal acetylenes is 1. The Bertz CT molecular complexity index is 503. The zero-order valence-corrected chi connectivity index (χ0v) is 17.0. The van der Waals surface area contributed by atoms with E-state index >= 15 is 0 Å². The topological polar surface area (TPSA) is 38.7 Å². The van der Waals surface area contributed by atoms with Crippen LogP contribution in [0.15, 0.2) is 0 Å². The highest BCUT2D eigenvalue weighted by molar-refractivity contribution is 5.09. The molecule has 3 heteroatoms. The molecule has 0 aromatic heterocycles. The van der Waals surface area contributed by atoms with Crippen molar-refractivity contribution < 1.29 is 14.6 Å². The molecule has 0 aromatic carbocycles. The van der Waals surface area contributed by atoms with Crippen molar-refractivity contribution in [1.82, 2.24) is 0 Å². The van der Waals surface area contributed by atoms with Crippen LogP contribution in [-0.4, -0.2) is 31.2 Å². The lowest BCUT2D eigenvalue weighted by molar-refractivity contribution is -0.158. The Balaban J connectivity index is 0.000000948. The fraction of sp³-hybridized carbons (Fsp3) is 0.913. The molecule has 4 unspecified atom stereocenters. The number of aliphatic hydroxyl groups is 1. The van der Waals surface area contributed by atoms with Crippen LogP contribution in [-0.2, 0) is 9.47 Å². The van der Waals surface area contributed by atoms with Gasteiger partial charge in [-0.2, -0.15) is 0 Å². The Morgan fingerprint density at radius 1 is 0.923 bits per heavy atom. The standard InChI is InChI=1S/C21H36O3.C2H2/c1-20-10-8-15(22)12-14(20)4-5-16-17-6-7-19(24-13-23-3)21(17,2)11-9-18(16)20;1-2/h14-19,22H,4-13H2,1-3H3;1-2H/t14?,15-,16?,17?,18?,19-,20-,21-;/m0./s1. The second kappa shape index (κ2) is 7.82. The number of aliphatic hydroxyl groups excluding tert-OH is 1. The first kappa shape index (κ1) is 20.2. The summed E-state index contributed by atoms with van der Waals surface area (Å²) in [7, 11) is 1.73. The molecular formula is C23H38O3. The van der Waals surface area contributed by atoms with Gasteiger partial charge in [0.05, 0.1) is 12.2 Å². The molecule has 148 valence electrons. The summed E-state index contributed by atoms with van der Waals surface area (Å²) >= 11 is 0. The minimum atomic E-state index is -0.0354. The molecule has 0 amide bonds. The smallest absolute Gasteiger partial charge is 0.146 e. The van der Waals surface area contributed by atoms with E-state index < -0.39 is 0 Å². The van der Waals surface area contributed by atoms with Gasteiger partial charge in [0.2, 0.25) is 0 Å². The van der Waals surface area contributed by atoms with Gasteiger partial charge in [-0.05, 0) is 92.3 Å². The van der Waals surface area contributed by atoms with Gasteiger partial charge >= 0.3 is 0 Å². The number of fused-ring (bicyclic) bond motifs is 5. The van der Waals surface area contributed by atoms with Crippen molar-refractivity contribution in [1.29, 1.82) is 0 Å². The van der Waals surface area contributed by atoms with Crippen LogP contribution in [0, 0.1) is 47.3 Å². The van der Waals surface area contributed by atoms with Crippen LogP contribution in [0.1, 0.15) is 71.6 Å². The van der Waals surface area contributed by atoms with Crippen LogP contribution in [0.5, 0.6) is 0 Å². The minimum Gasteiger partial charge on any atom is -0.393 e. The van der Waals surface area contributed by atoms with Crippen molar-refractivity contribution in [3.63, 3.8) is 0 Å². The number of hydrogen-bond acceptors (Lipinski definition) is 3. The highest BCUT2D eigenvalue weighted by Gasteiger charge is 2.60. The third kappa shape index (κ3) is 3.13. The van der Waals surface area contributed by atoms with Crippen LogP contribution in [0.3, 0.4) is 0 Å². The molecule has 4 saturated carbocycles. The van der Waals surface area contributed by atoms with E-state index in [1.54, 1.807) is 7.11 Å². The first-order valence-corrected chi connectivity index (χ1v) is 10.6. The van der Waals surface area contributed by atoms with Gasteiger partial charge in [0.25, 0.3) is 0 Å². The summed E-state index contributed by atoms with van der Waals surface area (Å²) in [6.45, 7) is 5.51. The number of ether oxygens (including phenoxy) is 2. The van der Waals surface area contributed by atoms with E-state index in [2.05, 4.69) is 26.7 Å². The third-order valence-corrected chi connectivity index (χ3v) is 8.94. The Labute approximate surface area is 160 Å². The van der Waals surface area contributed by atoms with Crippen LogP contribution in [0.2, 0.25) is 0 Å². The number of methoxy groups -OCH3 is 1. The van der Waals surface area contributed by atoms with E-state index in [0.29, 0.717) is 23.7 Å². The summed E-state index contributed by atoms with van der Waals surface area (Å²) in [5.74, 6) is 3.36. The molecule has 0 aromatic rings. The van der Waals surface area contributed by atoms with Gasteiger partial charge in [0.1, 0.15) is 6.79 Å². The highest BCUT2D eigenvalue weighted by Crippen LogP contribution is 2.66. The van der Waals surface area contributed by atoms with E-state index in [0.717, 1.165) is 36.5 Å². The van der Waals surface area contributed by atoms with E-state index in [9.17, 15) is 5.11 Å². The molecule has 8 atom stereocenters. The van der Waals surface area contributed by atoms with Crippen molar-refractivity contribution in [3.8, 4) is 12.8 Å². The maximum atomic E-state index is 10.1. The van der Waals surface area contributed by atoms with E-state index in [1.165, 1.54) is 44.9 Å². The third-order valence-electron chi connectivity index (χ3n) is 8.94. The average Bonchev–Trinajstić information content (AvgIpc) is 2.98. The van der Waals surface area contributed by atoms with E-state index in [4.69, 9.17) is 9.47 Å². The molecule has 4 rings (SSSR count). The summed E-state index contributed by atoms with van der Waals surface area (Å²) in [4.78, 5) is 0. The molecule has 4 fully saturated rings. The van der Waals surface area contributed by atoms with Crippen LogP contribution >= 0.6 is 0 Å². The van der Waals surface area contributed by atoms with Crippen LogP contribution in [0.4, 0.5) is 0 Å². The average molecular weight is 363 g/mol. The van der Waals surface area contributed by atoms with E-state index in [-0.39, 0.29) is 6.10 Å². The Hall–Kier alpha value is -0.560. The highest BCUT2D eigenvalue weighted by atomic mass is 16.7. The Morgan fingerprint density at radius 3 is 2.35 bits per heavy atom. The predicted molar refractivity (Wildman–Crippen MR) is 104 cm³/mol. The molecule has 0 radical (unpaired) electrons. The fourth-order valence-electron chi connectivity index (χ4n) is 7.61. The van der Waals surface area contributed by atoms with Gasteiger partial charge in [0.15, 0.2) is 0 Å². The SMILES string of the molecule is C#C.COCO[C@H]1CCC2C3CCC4C[C@@H](O)CC[C@]4(C)C3CC[C@@]21C. The van der Waals surface area contributed by atoms with Crippen molar-refractivity contribution in [2.24, 2.45) is 34.5 Å². The van der Waals surface area contributed by atoms with Gasteiger partial charge in [-0.1, -0.05) is 13.8 Å². The first-order chi connectivity index (χ1) is 12.5. The fourth-order valence-corrected chi connectivity index (χ4v) is 7.61. The predicted octanol–water partition coefficient (Wildman–Crippen LogP) is 4.63. The normalized spacial score (nSPS) is 49.9. The summed E-state index contributed by atoms with van der Waals surface area (Å²) in [6.07, 6.45) is 19.6.